The summed E-state index contributed by atoms with van der Waals surface area (Å²) >= 11 is 0. The fourth-order valence-electron chi connectivity index (χ4n) is 3.38. The number of nitrogens with two attached hydrogens (primary N) is 1. The average Bonchev–Trinajstić information content (AvgIpc) is 2.85. The van der Waals surface area contributed by atoms with Gasteiger partial charge in [-0.15, -0.1) is 0 Å². The highest BCUT2D eigenvalue weighted by Gasteiger charge is 2.20. The van der Waals surface area contributed by atoms with E-state index in [9.17, 15) is 15.2 Å². The Morgan fingerprint density at radius 1 is 1.03 bits per heavy atom. The van der Waals surface area contributed by atoms with Crippen LogP contribution in [0.25, 0.3) is 11.3 Å². The highest BCUT2D eigenvalue weighted by Crippen LogP contribution is 2.41. The van der Waals surface area contributed by atoms with Crippen molar-refractivity contribution in [3.63, 3.8) is 0 Å². The number of non-ortho nitro benzene ring substituents is 1. The molecular formula is C25H22N4O6. The van der Waals surface area contributed by atoms with E-state index in [0.29, 0.717) is 39.9 Å². The molecule has 4 rings (SSSR count). The van der Waals surface area contributed by atoms with Crippen LogP contribution in [0.2, 0.25) is 0 Å². The zero-order valence-corrected chi connectivity index (χ0v) is 19.0. The van der Waals surface area contributed by atoms with E-state index in [2.05, 4.69) is 9.97 Å². The van der Waals surface area contributed by atoms with Crippen molar-refractivity contribution in [3.05, 3.63) is 88.1 Å². The number of hydrogen-bond donors (Lipinski definition) is 2. The standard InChI is InChI=1S/C25H22N4O6/c1-15-24(35-22-6-4-3-5-21(22)33-2)23(28-25(26)27-15)19-12-11-18(13-20(19)30)34-14-16-7-9-17(10-8-16)29(31)32/h3-13,30H,14H2,1-2H3,(H2,26,27,28). The Kier molecular flexibility index (Phi) is 6.63. The third-order valence-electron chi connectivity index (χ3n) is 5.11. The minimum absolute atomic E-state index is 0.00121. The van der Waals surface area contributed by atoms with Crippen LogP contribution in [0.5, 0.6) is 28.7 Å². The first-order chi connectivity index (χ1) is 16.9. The lowest BCUT2D eigenvalue weighted by Gasteiger charge is -2.16. The minimum atomic E-state index is -0.463. The smallest absolute Gasteiger partial charge is 0.269 e. The van der Waals surface area contributed by atoms with E-state index < -0.39 is 4.92 Å². The number of phenols is 1. The van der Waals surface area contributed by atoms with Crippen LogP contribution in [0, 0.1) is 17.0 Å². The summed E-state index contributed by atoms with van der Waals surface area (Å²) in [6, 6.07) is 17.9. The molecule has 0 amide bonds. The van der Waals surface area contributed by atoms with E-state index in [-0.39, 0.29) is 24.0 Å². The van der Waals surface area contributed by atoms with Gasteiger partial charge in [-0.3, -0.25) is 10.1 Å². The van der Waals surface area contributed by atoms with Gasteiger partial charge in [0.2, 0.25) is 5.95 Å². The third-order valence-corrected chi connectivity index (χ3v) is 5.11. The Balaban J connectivity index is 1.61. The van der Waals surface area contributed by atoms with Gasteiger partial charge in [0.05, 0.1) is 17.7 Å². The summed E-state index contributed by atoms with van der Waals surface area (Å²) in [7, 11) is 1.54. The minimum Gasteiger partial charge on any atom is -0.507 e. The van der Waals surface area contributed by atoms with Gasteiger partial charge in [-0.25, -0.2) is 9.97 Å². The van der Waals surface area contributed by atoms with Crippen molar-refractivity contribution in [2.24, 2.45) is 0 Å². The molecule has 0 saturated carbocycles. The number of methoxy groups -OCH3 is 1. The number of aromatic nitrogens is 2. The second-order valence-electron chi connectivity index (χ2n) is 7.49. The van der Waals surface area contributed by atoms with Gasteiger partial charge in [-0.05, 0) is 48.9 Å². The average molecular weight is 474 g/mol. The van der Waals surface area contributed by atoms with E-state index >= 15 is 0 Å². The SMILES string of the molecule is COc1ccccc1Oc1c(C)nc(N)nc1-c1ccc(OCc2ccc([N+](=O)[O-])cc2)cc1O. The fourth-order valence-corrected chi connectivity index (χ4v) is 3.38. The molecule has 0 aliphatic heterocycles. The van der Waals surface area contributed by atoms with Gasteiger partial charge in [-0.2, -0.15) is 0 Å². The summed E-state index contributed by atoms with van der Waals surface area (Å²) < 4.78 is 17.2. The summed E-state index contributed by atoms with van der Waals surface area (Å²) in [5, 5.41) is 21.6. The molecule has 0 radical (unpaired) electrons. The lowest BCUT2D eigenvalue weighted by Crippen LogP contribution is -2.03. The number of aromatic hydroxyl groups is 1. The van der Waals surface area contributed by atoms with Crippen LogP contribution >= 0.6 is 0 Å². The molecular weight excluding hydrogens is 452 g/mol. The molecule has 4 aromatic rings. The van der Waals surface area contributed by atoms with Crippen LogP contribution in [0.4, 0.5) is 11.6 Å². The predicted molar refractivity (Wildman–Crippen MR) is 129 cm³/mol. The van der Waals surface area contributed by atoms with Gasteiger partial charge in [0.1, 0.15) is 23.8 Å². The maximum absolute atomic E-state index is 10.8. The first kappa shape index (κ1) is 23.3. The molecule has 10 heteroatoms. The largest absolute Gasteiger partial charge is 0.507 e. The zero-order chi connectivity index (χ0) is 24.9. The molecule has 10 nitrogen and oxygen atoms in total. The lowest BCUT2D eigenvalue weighted by molar-refractivity contribution is -0.384. The Labute approximate surface area is 200 Å². The summed E-state index contributed by atoms with van der Waals surface area (Å²) in [6.07, 6.45) is 0. The number of ether oxygens (including phenoxy) is 3. The number of para-hydroxylation sites is 2. The van der Waals surface area contributed by atoms with Crippen LogP contribution in [-0.2, 0) is 6.61 Å². The number of hydrogen-bond acceptors (Lipinski definition) is 9. The number of rotatable bonds is 8. The number of nitrogen functional groups attached to an aromatic ring is 1. The normalized spacial score (nSPS) is 10.6. The van der Waals surface area contributed by atoms with E-state index in [0.717, 1.165) is 5.56 Å². The molecule has 178 valence electrons. The molecule has 0 atom stereocenters. The third kappa shape index (κ3) is 5.22. The van der Waals surface area contributed by atoms with Gasteiger partial charge in [-0.1, -0.05) is 12.1 Å². The summed E-state index contributed by atoms with van der Waals surface area (Å²) in [5.41, 5.74) is 7.79. The lowest BCUT2D eigenvalue weighted by atomic mass is 10.1. The van der Waals surface area contributed by atoms with Crippen LogP contribution in [-0.4, -0.2) is 27.1 Å². The Bertz CT molecular complexity index is 1380. The van der Waals surface area contributed by atoms with Gasteiger partial charge in [0, 0.05) is 23.8 Å². The molecule has 0 spiro atoms. The van der Waals surface area contributed by atoms with Gasteiger partial charge >= 0.3 is 0 Å². The first-order valence-corrected chi connectivity index (χ1v) is 10.5. The van der Waals surface area contributed by atoms with Crippen LogP contribution in [0.1, 0.15) is 11.3 Å². The highest BCUT2D eigenvalue weighted by molar-refractivity contribution is 5.75. The van der Waals surface area contributed by atoms with Crippen molar-refractivity contribution < 1.29 is 24.2 Å². The Morgan fingerprint density at radius 2 is 1.74 bits per heavy atom. The van der Waals surface area contributed by atoms with Crippen molar-refractivity contribution in [1.82, 2.24) is 9.97 Å². The molecule has 0 fully saturated rings. The number of aryl methyl sites for hydroxylation is 1. The summed E-state index contributed by atoms with van der Waals surface area (Å²) in [5.74, 6) is 1.62. The second kappa shape index (κ2) is 9.96. The number of nitro benzene ring substituents is 1. The number of nitrogens with zero attached hydrogens (tertiary/aromatic N) is 3. The number of phenolic OH excluding ortho intramolecular Hbond substituents is 1. The Morgan fingerprint density at radius 3 is 2.40 bits per heavy atom. The summed E-state index contributed by atoms with van der Waals surface area (Å²) in [4.78, 5) is 18.8. The van der Waals surface area contributed by atoms with E-state index in [1.54, 1.807) is 49.4 Å². The zero-order valence-electron chi connectivity index (χ0n) is 19.0. The van der Waals surface area contributed by atoms with Crippen molar-refractivity contribution in [2.75, 3.05) is 12.8 Å². The molecule has 3 N–H and O–H groups in total. The fraction of sp³-hybridized carbons (Fsp3) is 0.120. The van der Waals surface area contributed by atoms with E-state index in [1.165, 1.54) is 25.3 Å². The molecule has 1 aromatic heterocycles. The quantitative estimate of drug-likeness (QED) is 0.265. The molecule has 3 aromatic carbocycles. The Hall–Kier alpha value is -4.86. The summed E-state index contributed by atoms with van der Waals surface area (Å²) in [6.45, 7) is 1.89. The molecule has 1 heterocycles. The van der Waals surface area contributed by atoms with Gasteiger partial charge in [0.25, 0.3) is 5.69 Å². The van der Waals surface area contributed by atoms with Crippen LogP contribution in [0.15, 0.2) is 66.7 Å². The van der Waals surface area contributed by atoms with Crippen molar-refractivity contribution in [2.45, 2.75) is 13.5 Å². The van der Waals surface area contributed by atoms with Crippen molar-refractivity contribution in [3.8, 4) is 40.0 Å². The molecule has 0 aliphatic carbocycles. The highest BCUT2D eigenvalue weighted by atomic mass is 16.6. The first-order valence-electron chi connectivity index (χ1n) is 10.5. The topological polar surface area (TPSA) is 143 Å². The monoisotopic (exact) mass is 474 g/mol. The number of anilines is 1. The second-order valence-corrected chi connectivity index (χ2v) is 7.49. The predicted octanol–water partition coefficient (Wildman–Crippen LogP) is 5.03. The van der Waals surface area contributed by atoms with Gasteiger partial charge in [0.15, 0.2) is 17.2 Å². The van der Waals surface area contributed by atoms with Crippen molar-refractivity contribution in [1.29, 1.82) is 0 Å². The molecule has 0 unspecified atom stereocenters. The van der Waals surface area contributed by atoms with Gasteiger partial charge < -0.3 is 25.1 Å². The number of nitro groups is 1. The van der Waals surface area contributed by atoms with Crippen LogP contribution in [0.3, 0.4) is 0 Å². The van der Waals surface area contributed by atoms with E-state index in [1.807, 2.05) is 6.07 Å². The molecule has 0 saturated heterocycles. The molecule has 0 bridgehead atoms. The van der Waals surface area contributed by atoms with Crippen molar-refractivity contribution >= 4 is 11.6 Å². The van der Waals surface area contributed by atoms with Crippen LogP contribution < -0.4 is 19.9 Å². The molecule has 35 heavy (non-hydrogen) atoms. The number of benzene rings is 3. The maximum atomic E-state index is 10.8. The van der Waals surface area contributed by atoms with E-state index in [4.69, 9.17) is 19.9 Å². The molecule has 0 aliphatic rings. The maximum Gasteiger partial charge on any atom is 0.269 e.